The number of rotatable bonds is 14. The molecule has 7 heteroatoms. The fourth-order valence-electron chi connectivity index (χ4n) is 2.38. The first kappa shape index (κ1) is 23.6. The third-order valence-corrected chi connectivity index (χ3v) is 6.27. The third-order valence-electron chi connectivity index (χ3n) is 3.88. The first-order chi connectivity index (χ1) is 13.1. The van der Waals surface area contributed by atoms with Crippen molar-refractivity contribution in [1.29, 1.82) is 0 Å². The summed E-state index contributed by atoms with van der Waals surface area (Å²) in [4.78, 5) is 16.5. The quantitative estimate of drug-likeness (QED) is 0.192. The predicted octanol–water partition coefficient (Wildman–Crippen LogP) is 5.41. The standard InChI is InChI=1S/C20H30FN3OS2/c1-4-5-6-7-8-17-9-11-19(12-10-17)27-26-14-13-23-20(25)15-18(16-22-2)24(3)21/h9-12,16H,2,4-8,13-15H2,1,3H3,(H,23,25)/b18-16-. The van der Waals surface area contributed by atoms with Gasteiger partial charge in [-0.2, -0.15) is 0 Å². The van der Waals surface area contributed by atoms with Crippen molar-refractivity contribution in [3.8, 4) is 0 Å². The molecule has 1 rings (SSSR count). The lowest BCUT2D eigenvalue weighted by Gasteiger charge is -2.11. The van der Waals surface area contributed by atoms with E-state index in [0.717, 1.165) is 12.2 Å². The molecule has 4 nitrogen and oxygen atoms in total. The van der Waals surface area contributed by atoms with E-state index in [-0.39, 0.29) is 18.0 Å². The Kier molecular flexibility index (Phi) is 12.7. The van der Waals surface area contributed by atoms with Crippen molar-refractivity contribution in [1.82, 2.24) is 10.4 Å². The van der Waals surface area contributed by atoms with Gasteiger partial charge in [-0.1, -0.05) is 59.9 Å². The molecule has 150 valence electrons. The molecule has 1 amide bonds. The SMILES string of the molecule is C=N/C=C(/CC(=O)NCCSSc1ccc(CCCCCC)cc1)N(C)F. The van der Waals surface area contributed by atoms with E-state index in [1.165, 1.54) is 49.4 Å². The van der Waals surface area contributed by atoms with Crippen molar-refractivity contribution in [2.75, 3.05) is 19.3 Å². The van der Waals surface area contributed by atoms with Crippen molar-refractivity contribution in [2.45, 2.75) is 50.3 Å². The number of halogens is 1. The molecule has 0 saturated carbocycles. The van der Waals surface area contributed by atoms with Crippen LogP contribution in [0.5, 0.6) is 0 Å². The highest BCUT2D eigenvalue weighted by molar-refractivity contribution is 8.76. The Bertz CT molecular complexity index is 591. The van der Waals surface area contributed by atoms with E-state index in [0.29, 0.717) is 11.7 Å². The molecule has 27 heavy (non-hydrogen) atoms. The summed E-state index contributed by atoms with van der Waals surface area (Å²) >= 11 is 0. The Hall–Kier alpha value is -1.47. The molecule has 0 bridgehead atoms. The van der Waals surface area contributed by atoms with Crippen LogP contribution in [0, 0.1) is 0 Å². The van der Waals surface area contributed by atoms with E-state index in [1.54, 1.807) is 21.6 Å². The number of nitrogens with zero attached hydrogens (tertiary/aromatic N) is 2. The molecule has 0 aliphatic carbocycles. The summed E-state index contributed by atoms with van der Waals surface area (Å²) in [5.41, 5.74) is 1.57. The molecule has 0 saturated heterocycles. The number of aliphatic imine (C=N–C) groups is 1. The van der Waals surface area contributed by atoms with Gasteiger partial charge in [-0.05, 0) is 37.3 Å². The Morgan fingerprint density at radius 2 is 2.04 bits per heavy atom. The van der Waals surface area contributed by atoms with Gasteiger partial charge in [0.2, 0.25) is 5.91 Å². The minimum atomic E-state index is -0.229. The van der Waals surface area contributed by atoms with Gasteiger partial charge in [0.25, 0.3) is 0 Å². The highest BCUT2D eigenvalue weighted by Gasteiger charge is 2.09. The monoisotopic (exact) mass is 411 g/mol. The normalized spacial score (nSPS) is 11.3. The minimum absolute atomic E-state index is 0.0520. The first-order valence-electron chi connectivity index (χ1n) is 9.26. The summed E-state index contributed by atoms with van der Waals surface area (Å²) in [5.74, 6) is 0.548. The lowest BCUT2D eigenvalue weighted by Crippen LogP contribution is -2.27. The number of unbranched alkanes of at least 4 members (excludes halogenated alkanes) is 3. The summed E-state index contributed by atoms with van der Waals surface area (Å²) in [6.45, 7) is 6.04. The molecular formula is C20H30FN3OS2. The van der Waals surface area contributed by atoms with Crippen LogP contribution in [0.25, 0.3) is 0 Å². The lowest BCUT2D eigenvalue weighted by molar-refractivity contribution is -0.121. The van der Waals surface area contributed by atoms with Crippen LogP contribution >= 0.6 is 21.6 Å². The van der Waals surface area contributed by atoms with Crippen molar-refractivity contribution in [2.24, 2.45) is 4.99 Å². The van der Waals surface area contributed by atoms with Crippen molar-refractivity contribution in [3.05, 3.63) is 41.7 Å². The number of carbonyl (C=O) groups is 1. The molecular weight excluding hydrogens is 381 g/mol. The Morgan fingerprint density at radius 1 is 1.30 bits per heavy atom. The maximum atomic E-state index is 13.2. The number of amides is 1. The van der Waals surface area contributed by atoms with Crippen LogP contribution in [0.15, 0.2) is 46.1 Å². The second kappa shape index (κ2) is 14.6. The van der Waals surface area contributed by atoms with Gasteiger partial charge in [-0.3, -0.25) is 9.79 Å². The maximum Gasteiger partial charge on any atom is 0.226 e. The molecule has 0 atom stereocenters. The number of hydrogen-bond acceptors (Lipinski definition) is 5. The number of aryl methyl sites for hydroxylation is 1. The van der Waals surface area contributed by atoms with Gasteiger partial charge in [0.05, 0.1) is 12.1 Å². The Labute approximate surface area is 170 Å². The van der Waals surface area contributed by atoms with Crippen molar-refractivity contribution in [3.63, 3.8) is 0 Å². The van der Waals surface area contributed by atoms with Crippen LogP contribution in [-0.2, 0) is 11.2 Å². The smallest absolute Gasteiger partial charge is 0.226 e. The topological polar surface area (TPSA) is 44.7 Å². The number of hydrogen-bond donors (Lipinski definition) is 1. The summed E-state index contributed by atoms with van der Waals surface area (Å²) in [6.07, 6.45) is 7.49. The van der Waals surface area contributed by atoms with Gasteiger partial charge >= 0.3 is 0 Å². The van der Waals surface area contributed by atoms with E-state index in [9.17, 15) is 9.28 Å². The zero-order chi connectivity index (χ0) is 19.9. The van der Waals surface area contributed by atoms with Crippen molar-refractivity contribution < 1.29 is 9.28 Å². The summed E-state index contributed by atoms with van der Waals surface area (Å²) in [5, 5.41) is 3.17. The van der Waals surface area contributed by atoms with E-state index in [4.69, 9.17) is 0 Å². The van der Waals surface area contributed by atoms with Crippen LogP contribution in [0.2, 0.25) is 0 Å². The summed E-state index contributed by atoms with van der Waals surface area (Å²) < 4.78 is 13.2. The fourth-order valence-corrected chi connectivity index (χ4v) is 4.27. The lowest BCUT2D eigenvalue weighted by atomic mass is 10.1. The third kappa shape index (κ3) is 11.1. The highest BCUT2D eigenvalue weighted by atomic mass is 33.1. The van der Waals surface area contributed by atoms with E-state index >= 15 is 0 Å². The van der Waals surface area contributed by atoms with E-state index < -0.39 is 0 Å². The van der Waals surface area contributed by atoms with Gasteiger partial charge in [0, 0.05) is 30.4 Å². The molecule has 0 heterocycles. The second-order valence-corrected chi connectivity index (χ2v) is 8.66. The Morgan fingerprint density at radius 3 is 2.67 bits per heavy atom. The molecule has 0 aliphatic rings. The van der Waals surface area contributed by atoms with Crippen molar-refractivity contribution >= 4 is 34.2 Å². The fraction of sp³-hybridized carbons (Fsp3) is 0.500. The molecule has 1 N–H and O–H groups in total. The maximum absolute atomic E-state index is 13.2. The largest absolute Gasteiger partial charge is 0.355 e. The summed E-state index contributed by atoms with van der Waals surface area (Å²) in [7, 11) is 4.62. The van der Waals surface area contributed by atoms with E-state index in [2.05, 4.69) is 48.2 Å². The van der Waals surface area contributed by atoms with Crippen LogP contribution in [0.1, 0.15) is 44.6 Å². The van der Waals surface area contributed by atoms with Gasteiger partial charge < -0.3 is 5.32 Å². The predicted molar refractivity (Wildman–Crippen MR) is 117 cm³/mol. The number of carbonyl (C=O) groups excluding carboxylic acids is 1. The van der Waals surface area contributed by atoms with Gasteiger partial charge in [-0.25, -0.2) is 5.12 Å². The van der Waals surface area contributed by atoms with Crippen LogP contribution < -0.4 is 5.32 Å². The molecule has 0 aliphatic heterocycles. The zero-order valence-electron chi connectivity index (χ0n) is 16.2. The second-order valence-electron chi connectivity index (χ2n) is 6.17. The molecule has 0 radical (unpaired) electrons. The molecule has 1 aromatic carbocycles. The molecule has 0 fully saturated rings. The average molecular weight is 412 g/mol. The minimum Gasteiger partial charge on any atom is -0.355 e. The van der Waals surface area contributed by atoms with Gasteiger partial charge in [-0.15, -0.1) is 4.48 Å². The van der Waals surface area contributed by atoms with Crippen LogP contribution in [-0.4, -0.2) is 37.1 Å². The number of benzene rings is 1. The summed E-state index contributed by atoms with van der Waals surface area (Å²) in [6, 6.07) is 8.71. The molecule has 0 aromatic heterocycles. The zero-order valence-corrected chi connectivity index (χ0v) is 17.9. The Balaban J connectivity index is 2.19. The molecule has 0 unspecified atom stereocenters. The molecule has 1 aromatic rings. The first-order valence-corrected chi connectivity index (χ1v) is 11.6. The van der Waals surface area contributed by atoms with Crippen LogP contribution in [0.4, 0.5) is 4.48 Å². The van der Waals surface area contributed by atoms with E-state index in [1.807, 2.05) is 0 Å². The molecule has 0 spiro atoms. The van der Waals surface area contributed by atoms with Crippen LogP contribution in [0.3, 0.4) is 0 Å². The number of nitrogens with one attached hydrogen (secondary N) is 1. The highest BCUT2D eigenvalue weighted by Crippen LogP contribution is 2.30. The van der Waals surface area contributed by atoms with Gasteiger partial charge in [0.1, 0.15) is 0 Å². The van der Waals surface area contributed by atoms with Gasteiger partial charge in [0.15, 0.2) is 0 Å². The average Bonchev–Trinajstić information content (AvgIpc) is 2.65.